The van der Waals surface area contributed by atoms with Crippen molar-refractivity contribution in [2.75, 3.05) is 16.3 Å². The molecule has 3 amide bonds. The van der Waals surface area contributed by atoms with Gasteiger partial charge in [-0.25, -0.2) is 4.90 Å². The Hall–Kier alpha value is -3.48. The lowest BCUT2D eigenvalue weighted by Gasteiger charge is -2.25. The Morgan fingerprint density at radius 3 is 2.40 bits per heavy atom. The quantitative estimate of drug-likeness (QED) is 0.377. The SMILES string of the molecule is Cc1ccccc1N1C[C@H](C(=O)Oc2ccc(N3C(=O)[C@@H]4CC[C@@H](C)C[C@H]4C3=O)c(C)c2)CC1=O. The molecule has 2 aromatic carbocycles. The molecule has 1 saturated carbocycles. The minimum Gasteiger partial charge on any atom is -0.426 e. The van der Waals surface area contributed by atoms with Crippen molar-refractivity contribution in [1.82, 2.24) is 0 Å². The number of ether oxygens (including phenoxy) is 1. The molecule has 2 heterocycles. The molecule has 7 nitrogen and oxygen atoms in total. The Morgan fingerprint density at radius 2 is 1.66 bits per heavy atom. The number of imide groups is 1. The van der Waals surface area contributed by atoms with Gasteiger partial charge in [0.2, 0.25) is 17.7 Å². The van der Waals surface area contributed by atoms with Gasteiger partial charge in [-0.1, -0.05) is 25.1 Å². The monoisotopic (exact) mass is 474 g/mol. The lowest BCUT2D eigenvalue weighted by molar-refractivity contribution is -0.139. The first-order valence-corrected chi connectivity index (χ1v) is 12.3. The first kappa shape index (κ1) is 23.3. The molecule has 0 bridgehead atoms. The number of aryl methyl sites for hydroxylation is 2. The van der Waals surface area contributed by atoms with Crippen LogP contribution in [0.2, 0.25) is 0 Å². The van der Waals surface area contributed by atoms with Crippen molar-refractivity contribution in [3.8, 4) is 5.75 Å². The van der Waals surface area contributed by atoms with Gasteiger partial charge in [-0.05, 0) is 74.4 Å². The fraction of sp³-hybridized carbons (Fsp3) is 0.429. The van der Waals surface area contributed by atoms with E-state index in [1.54, 1.807) is 30.0 Å². The molecular formula is C28H30N2O5. The Bertz CT molecular complexity index is 1220. The number of hydrogen-bond donors (Lipinski definition) is 0. The highest BCUT2D eigenvalue weighted by Gasteiger charge is 2.50. The van der Waals surface area contributed by atoms with E-state index in [1.807, 2.05) is 31.2 Å². The van der Waals surface area contributed by atoms with Crippen molar-refractivity contribution in [3.63, 3.8) is 0 Å². The zero-order valence-corrected chi connectivity index (χ0v) is 20.3. The van der Waals surface area contributed by atoms with E-state index in [4.69, 9.17) is 4.74 Å². The van der Waals surface area contributed by atoms with Crippen LogP contribution in [-0.2, 0) is 19.2 Å². The summed E-state index contributed by atoms with van der Waals surface area (Å²) in [5.74, 6) is -1.06. The van der Waals surface area contributed by atoms with Gasteiger partial charge in [-0.15, -0.1) is 0 Å². The fourth-order valence-corrected chi connectivity index (χ4v) is 5.73. The maximum Gasteiger partial charge on any atom is 0.316 e. The van der Waals surface area contributed by atoms with E-state index >= 15 is 0 Å². The summed E-state index contributed by atoms with van der Waals surface area (Å²) in [5.41, 5.74) is 3.01. The average molecular weight is 475 g/mol. The zero-order valence-electron chi connectivity index (χ0n) is 20.3. The lowest BCUT2D eigenvalue weighted by Crippen LogP contribution is -2.31. The van der Waals surface area contributed by atoms with Crippen molar-refractivity contribution in [2.24, 2.45) is 23.7 Å². The molecule has 2 saturated heterocycles. The Kier molecular flexibility index (Phi) is 5.95. The summed E-state index contributed by atoms with van der Waals surface area (Å²) in [5, 5.41) is 0. The second-order valence-corrected chi connectivity index (χ2v) is 10.2. The van der Waals surface area contributed by atoms with Crippen LogP contribution in [0.4, 0.5) is 11.4 Å². The molecule has 2 aliphatic heterocycles. The third-order valence-corrected chi connectivity index (χ3v) is 7.68. The molecule has 3 fully saturated rings. The van der Waals surface area contributed by atoms with Crippen molar-refractivity contribution >= 4 is 35.1 Å². The minimum atomic E-state index is -0.561. The molecule has 35 heavy (non-hydrogen) atoms. The molecule has 0 radical (unpaired) electrons. The van der Waals surface area contributed by atoms with E-state index in [9.17, 15) is 19.2 Å². The number of para-hydroxylation sites is 1. The van der Waals surface area contributed by atoms with Gasteiger partial charge in [0.25, 0.3) is 0 Å². The molecule has 3 aliphatic rings. The molecule has 0 unspecified atom stereocenters. The predicted octanol–water partition coefficient (Wildman–Crippen LogP) is 4.19. The van der Waals surface area contributed by atoms with Crippen molar-refractivity contribution in [1.29, 1.82) is 0 Å². The van der Waals surface area contributed by atoms with E-state index in [0.717, 1.165) is 30.5 Å². The number of anilines is 2. The Labute approximate surface area is 205 Å². The van der Waals surface area contributed by atoms with Crippen molar-refractivity contribution in [2.45, 2.75) is 46.5 Å². The van der Waals surface area contributed by atoms with Crippen LogP contribution >= 0.6 is 0 Å². The molecule has 4 atom stereocenters. The molecule has 1 aliphatic carbocycles. The number of amides is 3. The van der Waals surface area contributed by atoms with Gasteiger partial charge in [0.05, 0.1) is 23.4 Å². The Balaban J connectivity index is 1.29. The number of hydrogen-bond acceptors (Lipinski definition) is 5. The van der Waals surface area contributed by atoms with Crippen LogP contribution in [0, 0.1) is 37.5 Å². The second-order valence-electron chi connectivity index (χ2n) is 10.2. The van der Waals surface area contributed by atoms with E-state index in [2.05, 4.69) is 6.92 Å². The topological polar surface area (TPSA) is 84.0 Å². The van der Waals surface area contributed by atoms with Crippen LogP contribution in [0.5, 0.6) is 5.75 Å². The largest absolute Gasteiger partial charge is 0.426 e. The summed E-state index contributed by atoms with van der Waals surface area (Å²) in [7, 11) is 0. The van der Waals surface area contributed by atoms with Crippen LogP contribution in [-0.4, -0.2) is 30.2 Å². The highest BCUT2D eigenvalue weighted by atomic mass is 16.5. The Morgan fingerprint density at radius 1 is 0.914 bits per heavy atom. The molecule has 182 valence electrons. The van der Waals surface area contributed by atoms with Gasteiger partial charge in [0, 0.05) is 18.7 Å². The number of rotatable bonds is 4. The summed E-state index contributed by atoms with van der Waals surface area (Å²) in [6.07, 6.45) is 2.57. The van der Waals surface area contributed by atoms with E-state index in [0.29, 0.717) is 22.9 Å². The van der Waals surface area contributed by atoms with Crippen molar-refractivity contribution in [3.05, 3.63) is 53.6 Å². The molecule has 0 spiro atoms. The smallest absolute Gasteiger partial charge is 0.316 e. The third kappa shape index (κ3) is 4.13. The first-order chi connectivity index (χ1) is 16.7. The van der Waals surface area contributed by atoms with Crippen LogP contribution in [0.15, 0.2) is 42.5 Å². The molecule has 5 rings (SSSR count). The minimum absolute atomic E-state index is 0.0994. The van der Waals surface area contributed by atoms with E-state index in [-0.39, 0.29) is 42.5 Å². The zero-order chi connectivity index (χ0) is 24.9. The van der Waals surface area contributed by atoms with Crippen LogP contribution in [0.25, 0.3) is 0 Å². The van der Waals surface area contributed by atoms with Crippen LogP contribution in [0.1, 0.15) is 43.7 Å². The molecule has 7 heteroatoms. The highest BCUT2D eigenvalue weighted by Crippen LogP contribution is 2.43. The molecule has 0 aromatic heterocycles. The summed E-state index contributed by atoms with van der Waals surface area (Å²) in [4.78, 5) is 54.5. The summed E-state index contributed by atoms with van der Waals surface area (Å²) >= 11 is 0. The van der Waals surface area contributed by atoms with Crippen LogP contribution in [0.3, 0.4) is 0 Å². The first-order valence-electron chi connectivity index (χ1n) is 12.3. The fourth-order valence-electron chi connectivity index (χ4n) is 5.73. The highest BCUT2D eigenvalue weighted by molar-refractivity contribution is 6.22. The number of esters is 1. The summed E-state index contributed by atoms with van der Waals surface area (Å²) in [6.45, 7) is 6.14. The van der Waals surface area contributed by atoms with Crippen LogP contribution < -0.4 is 14.5 Å². The number of fused-ring (bicyclic) bond motifs is 1. The third-order valence-electron chi connectivity index (χ3n) is 7.68. The second kappa shape index (κ2) is 8.95. The number of carbonyl (C=O) groups excluding carboxylic acids is 4. The van der Waals surface area contributed by atoms with Crippen molar-refractivity contribution < 1.29 is 23.9 Å². The van der Waals surface area contributed by atoms with Gasteiger partial charge >= 0.3 is 5.97 Å². The summed E-state index contributed by atoms with van der Waals surface area (Å²) < 4.78 is 5.62. The van der Waals surface area contributed by atoms with Gasteiger partial charge in [0.1, 0.15) is 5.75 Å². The van der Waals surface area contributed by atoms with Gasteiger partial charge in [-0.3, -0.25) is 19.2 Å². The maximum absolute atomic E-state index is 13.1. The molecular weight excluding hydrogens is 444 g/mol. The van der Waals surface area contributed by atoms with Gasteiger partial charge < -0.3 is 9.64 Å². The number of benzene rings is 2. The normalized spacial score (nSPS) is 26.3. The average Bonchev–Trinajstić information content (AvgIpc) is 3.32. The standard InChI is InChI=1S/C28H30N2O5/c1-16-8-10-21-22(12-16)27(33)30(26(21)32)24-11-9-20(13-18(24)3)35-28(34)19-14-25(31)29(15-19)23-7-5-4-6-17(23)2/h4-7,9,11,13,16,19,21-22H,8,10,12,14-15H2,1-3H3/t16-,19-,21-,22-/m1/s1. The van der Waals surface area contributed by atoms with E-state index < -0.39 is 11.9 Å². The molecule has 0 N–H and O–H groups in total. The van der Waals surface area contributed by atoms with E-state index in [1.165, 1.54) is 4.90 Å². The van der Waals surface area contributed by atoms with Gasteiger partial charge in [-0.2, -0.15) is 0 Å². The number of nitrogens with zero attached hydrogens (tertiary/aromatic N) is 2. The lowest BCUT2D eigenvalue weighted by atomic mass is 9.76. The maximum atomic E-state index is 13.1. The van der Waals surface area contributed by atoms with Gasteiger partial charge in [0.15, 0.2) is 0 Å². The summed E-state index contributed by atoms with van der Waals surface area (Å²) in [6, 6.07) is 12.6. The number of carbonyl (C=O) groups is 4. The molecule has 2 aromatic rings. The predicted molar refractivity (Wildman–Crippen MR) is 131 cm³/mol.